The summed E-state index contributed by atoms with van der Waals surface area (Å²) in [6, 6.07) is 8.02. The molecular formula is C16H25ClN2O2. The van der Waals surface area contributed by atoms with E-state index in [1.165, 1.54) is 0 Å². The minimum atomic E-state index is 0. The molecule has 0 aromatic heterocycles. The van der Waals surface area contributed by atoms with E-state index in [-0.39, 0.29) is 30.3 Å². The zero-order valence-corrected chi connectivity index (χ0v) is 13.8. The Labute approximate surface area is 133 Å². The van der Waals surface area contributed by atoms with Crippen molar-refractivity contribution < 1.29 is 9.53 Å². The summed E-state index contributed by atoms with van der Waals surface area (Å²) in [6.07, 6.45) is 0.876. The molecule has 2 atom stereocenters. The summed E-state index contributed by atoms with van der Waals surface area (Å²) >= 11 is 0. The third-order valence-corrected chi connectivity index (χ3v) is 4.06. The number of nitrogens with one attached hydrogen (secondary N) is 1. The number of hydrogen-bond acceptors (Lipinski definition) is 3. The Bertz CT molecular complexity index is 467. The summed E-state index contributed by atoms with van der Waals surface area (Å²) in [5, 5.41) is 3.38. The van der Waals surface area contributed by atoms with E-state index in [2.05, 4.69) is 12.2 Å². The predicted octanol–water partition coefficient (Wildman–Crippen LogP) is 2.64. The van der Waals surface area contributed by atoms with Gasteiger partial charge in [-0.05, 0) is 12.5 Å². The largest absolute Gasteiger partial charge is 0.496 e. The first-order valence-electron chi connectivity index (χ1n) is 7.33. The summed E-state index contributed by atoms with van der Waals surface area (Å²) in [7, 11) is 1.68. The molecule has 118 valence electrons. The fourth-order valence-electron chi connectivity index (χ4n) is 2.65. The number of methoxy groups -OCH3 is 1. The van der Waals surface area contributed by atoms with Crippen LogP contribution in [0.4, 0.5) is 0 Å². The second-order valence-electron chi connectivity index (χ2n) is 5.30. The zero-order valence-electron chi connectivity index (χ0n) is 13.0. The van der Waals surface area contributed by atoms with Crippen molar-refractivity contribution in [3.8, 4) is 5.75 Å². The van der Waals surface area contributed by atoms with Crippen LogP contribution < -0.4 is 10.1 Å². The summed E-state index contributed by atoms with van der Waals surface area (Å²) in [5.74, 6) is 1.17. The fourth-order valence-corrected chi connectivity index (χ4v) is 2.65. The Morgan fingerprint density at radius 1 is 1.48 bits per heavy atom. The van der Waals surface area contributed by atoms with Crippen LogP contribution in [0.25, 0.3) is 0 Å². The van der Waals surface area contributed by atoms with Crippen molar-refractivity contribution in [2.45, 2.75) is 26.3 Å². The lowest BCUT2D eigenvalue weighted by Gasteiger charge is -2.38. The summed E-state index contributed by atoms with van der Waals surface area (Å²) < 4.78 is 5.45. The highest BCUT2D eigenvalue weighted by atomic mass is 35.5. The molecular weight excluding hydrogens is 288 g/mol. The Morgan fingerprint density at radius 2 is 2.19 bits per heavy atom. The van der Waals surface area contributed by atoms with E-state index < -0.39 is 0 Å². The Morgan fingerprint density at radius 3 is 2.86 bits per heavy atom. The number of benzene rings is 1. The SMILES string of the molecule is CCC(C)C(=O)N1CCNCC1c1ccccc1OC.Cl. The van der Waals surface area contributed by atoms with Gasteiger partial charge in [0.1, 0.15) is 5.75 Å². The number of rotatable bonds is 4. The maximum Gasteiger partial charge on any atom is 0.225 e. The number of para-hydroxylation sites is 1. The van der Waals surface area contributed by atoms with Crippen molar-refractivity contribution in [1.82, 2.24) is 10.2 Å². The van der Waals surface area contributed by atoms with Gasteiger partial charge in [-0.2, -0.15) is 0 Å². The maximum absolute atomic E-state index is 12.6. The Hall–Kier alpha value is -1.26. The van der Waals surface area contributed by atoms with Gasteiger partial charge in [-0.1, -0.05) is 32.0 Å². The molecule has 1 fully saturated rings. The molecule has 1 N–H and O–H groups in total. The first-order valence-corrected chi connectivity index (χ1v) is 7.33. The molecule has 5 heteroatoms. The van der Waals surface area contributed by atoms with Crippen molar-refractivity contribution in [3.63, 3.8) is 0 Å². The first-order chi connectivity index (χ1) is 9.69. The lowest BCUT2D eigenvalue weighted by molar-refractivity contribution is -0.138. The van der Waals surface area contributed by atoms with Crippen LogP contribution in [0.2, 0.25) is 0 Å². The average molecular weight is 313 g/mol. The molecule has 1 aliphatic heterocycles. The highest BCUT2D eigenvalue weighted by Crippen LogP contribution is 2.31. The van der Waals surface area contributed by atoms with Gasteiger partial charge in [0.25, 0.3) is 0 Å². The van der Waals surface area contributed by atoms with Gasteiger partial charge in [-0.25, -0.2) is 0 Å². The summed E-state index contributed by atoms with van der Waals surface area (Å²) in [6.45, 7) is 6.45. The molecule has 1 aromatic carbocycles. The summed E-state index contributed by atoms with van der Waals surface area (Å²) in [5.41, 5.74) is 1.08. The monoisotopic (exact) mass is 312 g/mol. The number of hydrogen-bond donors (Lipinski definition) is 1. The lowest BCUT2D eigenvalue weighted by atomic mass is 9.99. The highest BCUT2D eigenvalue weighted by Gasteiger charge is 2.31. The lowest BCUT2D eigenvalue weighted by Crippen LogP contribution is -2.50. The second-order valence-corrected chi connectivity index (χ2v) is 5.30. The van der Waals surface area contributed by atoms with Crippen molar-refractivity contribution in [2.75, 3.05) is 26.7 Å². The normalized spacial score (nSPS) is 19.6. The number of ether oxygens (including phenoxy) is 1. The van der Waals surface area contributed by atoms with Crippen LogP contribution in [-0.2, 0) is 4.79 Å². The van der Waals surface area contributed by atoms with Gasteiger partial charge < -0.3 is 15.0 Å². The van der Waals surface area contributed by atoms with Gasteiger partial charge in [-0.3, -0.25) is 4.79 Å². The number of amides is 1. The number of nitrogens with zero attached hydrogens (tertiary/aromatic N) is 1. The summed E-state index contributed by atoms with van der Waals surface area (Å²) in [4.78, 5) is 14.6. The molecule has 0 aliphatic carbocycles. The molecule has 1 heterocycles. The van der Waals surface area contributed by atoms with Gasteiger partial charge in [0.05, 0.1) is 13.2 Å². The van der Waals surface area contributed by atoms with Crippen LogP contribution in [0.5, 0.6) is 5.75 Å². The molecule has 0 bridgehead atoms. The minimum absolute atomic E-state index is 0. The van der Waals surface area contributed by atoms with Gasteiger partial charge in [0.15, 0.2) is 0 Å². The maximum atomic E-state index is 12.6. The molecule has 21 heavy (non-hydrogen) atoms. The zero-order chi connectivity index (χ0) is 14.5. The minimum Gasteiger partial charge on any atom is -0.496 e. The van der Waals surface area contributed by atoms with Crippen LogP contribution in [0, 0.1) is 5.92 Å². The Kier molecular flexibility index (Phi) is 6.99. The Balaban J connectivity index is 0.00000220. The molecule has 0 radical (unpaired) electrons. The molecule has 1 aromatic rings. The van der Waals surface area contributed by atoms with E-state index in [9.17, 15) is 4.79 Å². The smallest absolute Gasteiger partial charge is 0.225 e. The number of carbonyl (C=O) groups is 1. The number of halogens is 1. The van der Waals surface area contributed by atoms with Gasteiger partial charge in [-0.15, -0.1) is 12.4 Å². The third kappa shape index (κ3) is 3.89. The van der Waals surface area contributed by atoms with E-state index >= 15 is 0 Å². The molecule has 0 saturated carbocycles. The highest BCUT2D eigenvalue weighted by molar-refractivity contribution is 5.85. The van der Waals surface area contributed by atoms with Crippen LogP contribution in [0.1, 0.15) is 31.9 Å². The molecule has 4 nitrogen and oxygen atoms in total. The van der Waals surface area contributed by atoms with E-state index in [1.54, 1.807) is 7.11 Å². The average Bonchev–Trinajstić information content (AvgIpc) is 2.53. The van der Waals surface area contributed by atoms with E-state index in [4.69, 9.17) is 4.74 Å². The van der Waals surface area contributed by atoms with Crippen molar-refractivity contribution in [3.05, 3.63) is 29.8 Å². The number of carbonyl (C=O) groups excluding carboxylic acids is 1. The molecule has 2 rings (SSSR count). The van der Waals surface area contributed by atoms with E-state index in [0.29, 0.717) is 0 Å². The molecule has 2 unspecified atom stereocenters. The van der Waals surface area contributed by atoms with Crippen LogP contribution >= 0.6 is 12.4 Å². The topological polar surface area (TPSA) is 41.6 Å². The molecule has 1 aliphatic rings. The van der Waals surface area contributed by atoms with E-state index in [0.717, 1.165) is 37.4 Å². The van der Waals surface area contributed by atoms with Crippen molar-refractivity contribution in [2.24, 2.45) is 5.92 Å². The second kappa shape index (κ2) is 8.25. The van der Waals surface area contributed by atoms with Crippen LogP contribution in [0.3, 0.4) is 0 Å². The van der Waals surface area contributed by atoms with Crippen LogP contribution in [0.15, 0.2) is 24.3 Å². The standard InChI is InChI=1S/C16H24N2O2.ClH/c1-4-12(2)16(19)18-10-9-17-11-14(18)13-7-5-6-8-15(13)20-3;/h5-8,12,14,17H,4,9-11H2,1-3H3;1H. The third-order valence-electron chi connectivity index (χ3n) is 4.06. The molecule has 1 saturated heterocycles. The molecule has 0 spiro atoms. The predicted molar refractivity (Wildman–Crippen MR) is 87.0 cm³/mol. The first kappa shape index (κ1) is 17.8. The van der Waals surface area contributed by atoms with Crippen molar-refractivity contribution >= 4 is 18.3 Å². The van der Waals surface area contributed by atoms with Crippen molar-refractivity contribution in [1.29, 1.82) is 0 Å². The molecule has 1 amide bonds. The van der Waals surface area contributed by atoms with Gasteiger partial charge in [0.2, 0.25) is 5.91 Å². The van der Waals surface area contributed by atoms with E-state index in [1.807, 2.05) is 36.1 Å². The van der Waals surface area contributed by atoms with Gasteiger partial charge >= 0.3 is 0 Å². The fraction of sp³-hybridized carbons (Fsp3) is 0.562. The quantitative estimate of drug-likeness (QED) is 0.929. The van der Waals surface area contributed by atoms with Crippen LogP contribution in [-0.4, -0.2) is 37.6 Å². The number of piperazine rings is 1. The van der Waals surface area contributed by atoms with Gasteiger partial charge in [0, 0.05) is 31.1 Å².